The fourth-order valence-corrected chi connectivity index (χ4v) is 4.31. The molecule has 0 saturated carbocycles. The third-order valence-electron chi connectivity index (χ3n) is 4.99. The molecule has 5 nitrogen and oxygen atoms in total. The number of carbonyl (C=O) groups is 1. The number of rotatable bonds is 3. The SMILES string of the molecule is CN(C)c1ccc(/C=C2/SC(N3CCN(c4ccccc4)CC3)=NC2=O)cc1. The third-order valence-corrected chi connectivity index (χ3v) is 6.03. The number of benzene rings is 2. The van der Waals surface area contributed by atoms with Crippen molar-refractivity contribution in [1.82, 2.24) is 4.90 Å². The molecule has 0 spiro atoms. The van der Waals surface area contributed by atoms with Crippen molar-refractivity contribution in [3.8, 4) is 0 Å². The zero-order valence-electron chi connectivity index (χ0n) is 16.2. The lowest BCUT2D eigenvalue weighted by molar-refractivity contribution is -0.113. The summed E-state index contributed by atoms with van der Waals surface area (Å²) in [5.74, 6) is -0.137. The number of hydrogen-bond donors (Lipinski definition) is 0. The second kappa shape index (κ2) is 8.10. The largest absolute Gasteiger partial charge is 0.378 e. The molecule has 1 amide bonds. The zero-order valence-corrected chi connectivity index (χ0v) is 17.0. The van der Waals surface area contributed by atoms with E-state index in [-0.39, 0.29) is 5.91 Å². The second-order valence-corrected chi connectivity index (χ2v) is 8.11. The summed E-state index contributed by atoms with van der Waals surface area (Å²) < 4.78 is 0. The first-order chi connectivity index (χ1) is 13.6. The number of para-hydroxylation sites is 1. The van der Waals surface area contributed by atoms with Crippen molar-refractivity contribution in [2.24, 2.45) is 4.99 Å². The maximum Gasteiger partial charge on any atom is 0.286 e. The maximum absolute atomic E-state index is 12.4. The van der Waals surface area contributed by atoms with Gasteiger partial charge in [-0.15, -0.1) is 0 Å². The van der Waals surface area contributed by atoms with Crippen molar-refractivity contribution < 1.29 is 4.79 Å². The van der Waals surface area contributed by atoms with Gasteiger partial charge in [-0.2, -0.15) is 4.99 Å². The van der Waals surface area contributed by atoms with Gasteiger partial charge in [0.2, 0.25) is 0 Å². The highest BCUT2D eigenvalue weighted by molar-refractivity contribution is 8.18. The average molecular weight is 393 g/mol. The zero-order chi connectivity index (χ0) is 19.5. The molecule has 2 aliphatic heterocycles. The number of amides is 1. The van der Waals surface area contributed by atoms with Crippen LogP contribution in [0.5, 0.6) is 0 Å². The normalized spacial score (nSPS) is 18.6. The average Bonchev–Trinajstić information content (AvgIpc) is 3.09. The summed E-state index contributed by atoms with van der Waals surface area (Å²) in [4.78, 5) is 24.0. The molecule has 0 N–H and O–H groups in total. The Morgan fingerprint density at radius 1 is 0.929 bits per heavy atom. The van der Waals surface area contributed by atoms with E-state index in [2.05, 4.69) is 56.1 Å². The molecule has 28 heavy (non-hydrogen) atoms. The predicted octanol–water partition coefficient (Wildman–Crippen LogP) is 3.55. The van der Waals surface area contributed by atoms with Gasteiger partial charge in [0.1, 0.15) is 0 Å². The van der Waals surface area contributed by atoms with Crippen LogP contribution in [-0.2, 0) is 4.79 Å². The first kappa shape index (κ1) is 18.6. The van der Waals surface area contributed by atoms with E-state index in [0.717, 1.165) is 42.6 Å². The number of carbonyl (C=O) groups excluding carboxylic acids is 1. The van der Waals surface area contributed by atoms with Gasteiger partial charge in [-0.25, -0.2) is 0 Å². The Balaban J connectivity index is 1.39. The van der Waals surface area contributed by atoms with Crippen molar-refractivity contribution in [2.45, 2.75) is 0 Å². The van der Waals surface area contributed by atoms with Crippen LogP contribution >= 0.6 is 11.8 Å². The minimum absolute atomic E-state index is 0.137. The highest BCUT2D eigenvalue weighted by atomic mass is 32.2. The Kier molecular flexibility index (Phi) is 5.39. The molecule has 0 unspecified atom stereocenters. The number of aliphatic imine (C=N–C) groups is 1. The molecule has 0 bridgehead atoms. The Bertz CT molecular complexity index is 898. The Labute approximate surface area is 170 Å². The van der Waals surface area contributed by atoms with Gasteiger partial charge < -0.3 is 14.7 Å². The summed E-state index contributed by atoms with van der Waals surface area (Å²) in [6.07, 6.45) is 1.93. The fraction of sp³-hybridized carbons (Fsp3) is 0.273. The molecule has 6 heteroatoms. The van der Waals surface area contributed by atoms with Crippen LogP contribution in [-0.4, -0.2) is 56.2 Å². The number of nitrogens with zero attached hydrogens (tertiary/aromatic N) is 4. The lowest BCUT2D eigenvalue weighted by Gasteiger charge is -2.36. The van der Waals surface area contributed by atoms with E-state index in [1.54, 1.807) is 0 Å². The molecule has 1 fully saturated rings. The van der Waals surface area contributed by atoms with E-state index in [9.17, 15) is 4.79 Å². The Morgan fingerprint density at radius 3 is 2.21 bits per heavy atom. The van der Waals surface area contributed by atoms with E-state index in [4.69, 9.17) is 0 Å². The molecule has 4 rings (SSSR count). The Hall–Kier alpha value is -2.73. The van der Waals surface area contributed by atoms with Gasteiger partial charge in [-0.05, 0) is 47.7 Å². The molecule has 2 aromatic rings. The molecule has 0 atom stereocenters. The summed E-state index contributed by atoms with van der Waals surface area (Å²) in [7, 11) is 4.03. The molecule has 0 radical (unpaired) electrons. The van der Waals surface area contributed by atoms with Crippen molar-refractivity contribution in [1.29, 1.82) is 0 Å². The molecule has 0 aliphatic carbocycles. The molecule has 1 saturated heterocycles. The van der Waals surface area contributed by atoms with E-state index in [0.29, 0.717) is 4.91 Å². The van der Waals surface area contributed by atoms with Crippen molar-refractivity contribution >= 4 is 40.3 Å². The molecule has 144 valence electrons. The molecule has 2 aliphatic rings. The van der Waals surface area contributed by atoms with E-state index < -0.39 is 0 Å². The first-order valence-electron chi connectivity index (χ1n) is 9.45. The number of piperazine rings is 1. The van der Waals surface area contributed by atoms with Crippen molar-refractivity contribution in [3.63, 3.8) is 0 Å². The second-order valence-electron chi connectivity index (χ2n) is 7.11. The minimum Gasteiger partial charge on any atom is -0.378 e. The lowest BCUT2D eigenvalue weighted by Crippen LogP contribution is -2.47. The highest BCUT2D eigenvalue weighted by Gasteiger charge is 2.28. The van der Waals surface area contributed by atoms with Gasteiger partial charge in [0.15, 0.2) is 5.17 Å². The number of thioether (sulfide) groups is 1. The molecule has 0 aromatic heterocycles. The van der Waals surface area contributed by atoms with E-state index >= 15 is 0 Å². The standard InChI is InChI=1S/C22H24N4OS/c1-24(2)18-10-8-17(9-11-18)16-20-21(27)23-22(28-20)26-14-12-25(13-15-26)19-6-4-3-5-7-19/h3-11,16H,12-15H2,1-2H3/b20-16+. The van der Waals surface area contributed by atoms with E-state index in [1.165, 1.54) is 17.4 Å². The summed E-state index contributed by atoms with van der Waals surface area (Å²) >= 11 is 1.49. The first-order valence-corrected chi connectivity index (χ1v) is 10.3. The van der Waals surface area contributed by atoms with Crippen LogP contribution in [0.1, 0.15) is 5.56 Å². The monoisotopic (exact) mass is 392 g/mol. The van der Waals surface area contributed by atoms with Crippen molar-refractivity contribution in [2.75, 3.05) is 50.1 Å². The predicted molar refractivity (Wildman–Crippen MR) is 119 cm³/mol. The van der Waals surface area contributed by atoms with E-state index in [1.807, 2.05) is 38.4 Å². The van der Waals surface area contributed by atoms with Gasteiger partial charge in [0.05, 0.1) is 4.91 Å². The van der Waals surface area contributed by atoms with Crippen LogP contribution in [0.25, 0.3) is 6.08 Å². The van der Waals surface area contributed by atoms with Crippen LogP contribution in [0.2, 0.25) is 0 Å². The third kappa shape index (κ3) is 4.07. The minimum atomic E-state index is -0.137. The van der Waals surface area contributed by atoms with Crippen LogP contribution in [0.15, 0.2) is 64.5 Å². The van der Waals surface area contributed by atoms with Gasteiger partial charge in [-0.3, -0.25) is 4.79 Å². The quantitative estimate of drug-likeness (QED) is 0.747. The summed E-state index contributed by atoms with van der Waals surface area (Å²) in [6, 6.07) is 18.6. The smallest absolute Gasteiger partial charge is 0.286 e. The van der Waals surface area contributed by atoms with Crippen molar-refractivity contribution in [3.05, 3.63) is 65.1 Å². The van der Waals surface area contributed by atoms with Gasteiger partial charge in [0.25, 0.3) is 5.91 Å². The van der Waals surface area contributed by atoms with Crippen LogP contribution in [0.4, 0.5) is 11.4 Å². The Morgan fingerprint density at radius 2 is 1.57 bits per heavy atom. The molecular weight excluding hydrogens is 368 g/mol. The van der Waals surface area contributed by atoms with Gasteiger partial charge in [0, 0.05) is 51.6 Å². The van der Waals surface area contributed by atoms with Crippen LogP contribution in [0.3, 0.4) is 0 Å². The molecule has 2 heterocycles. The topological polar surface area (TPSA) is 39.1 Å². The number of hydrogen-bond acceptors (Lipinski definition) is 5. The number of anilines is 2. The molecule has 2 aromatic carbocycles. The van der Waals surface area contributed by atoms with Gasteiger partial charge >= 0.3 is 0 Å². The van der Waals surface area contributed by atoms with Crippen LogP contribution in [0, 0.1) is 0 Å². The lowest BCUT2D eigenvalue weighted by atomic mass is 10.2. The molecular formula is C22H24N4OS. The summed E-state index contributed by atoms with van der Waals surface area (Å²) in [6.45, 7) is 3.61. The van der Waals surface area contributed by atoms with Gasteiger partial charge in [-0.1, -0.05) is 30.3 Å². The fourth-order valence-electron chi connectivity index (χ4n) is 3.35. The number of amidine groups is 1. The summed E-state index contributed by atoms with van der Waals surface area (Å²) in [5, 5.41) is 0.828. The summed E-state index contributed by atoms with van der Waals surface area (Å²) in [5.41, 5.74) is 3.41. The maximum atomic E-state index is 12.4. The van der Waals surface area contributed by atoms with Crippen LogP contribution < -0.4 is 9.80 Å². The highest BCUT2D eigenvalue weighted by Crippen LogP contribution is 2.31.